The zero-order valence-corrected chi connectivity index (χ0v) is 14.1. The Bertz CT molecular complexity index is 898. The average Bonchev–Trinajstić information content (AvgIpc) is 2.67. The third-order valence-corrected chi connectivity index (χ3v) is 3.65. The largest absolute Gasteiger partial charge is 0.497 e. The number of aromatic nitrogens is 1. The van der Waals surface area contributed by atoms with Crippen molar-refractivity contribution in [2.45, 2.75) is 6.54 Å². The zero-order chi connectivity index (χ0) is 18.4. The molecule has 1 N–H and O–H groups in total. The molecule has 0 unspecified atom stereocenters. The van der Waals surface area contributed by atoms with E-state index in [4.69, 9.17) is 9.47 Å². The molecule has 0 fully saturated rings. The Hall–Kier alpha value is -3.41. The maximum atomic E-state index is 13.3. The number of nitrogens with zero attached hydrogens (tertiary/aromatic N) is 1. The molecule has 0 aliphatic carbocycles. The van der Waals surface area contributed by atoms with Gasteiger partial charge in [0.15, 0.2) is 0 Å². The number of halogens is 1. The van der Waals surface area contributed by atoms with E-state index in [0.717, 1.165) is 0 Å². The fraction of sp³-hybridized carbons (Fsp3) is 0.100. The predicted octanol–water partition coefficient (Wildman–Crippen LogP) is 3.95. The number of benzene rings is 2. The molecule has 3 rings (SSSR count). The van der Waals surface area contributed by atoms with Gasteiger partial charge in [0.05, 0.1) is 7.11 Å². The van der Waals surface area contributed by atoms with Crippen molar-refractivity contribution >= 4 is 5.91 Å². The second-order valence-electron chi connectivity index (χ2n) is 5.44. The predicted molar refractivity (Wildman–Crippen MR) is 94.9 cm³/mol. The SMILES string of the molecule is COc1ccc(C(=O)NCc2cccnc2Oc2cccc(F)c2)cc1. The molecule has 0 spiro atoms. The first-order chi connectivity index (χ1) is 12.7. The molecule has 0 radical (unpaired) electrons. The second-order valence-corrected chi connectivity index (χ2v) is 5.44. The van der Waals surface area contributed by atoms with E-state index in [1.807, 2.05) is 0 Å². The van der Waals surface area contributed by atoms with Crippen LogP contribution in [-0.4, -0.2) is 18.0 Å². The first kappa shape index (κ1) is 17.4. The lowest BCUT2D eigenvalue weighted by Crippen LogP contribution is -2.23. The van der Waals surface area contributed by atoms with Gasteiger partial charge in [0, 0.05) is 29.9 Å². The van der Waals surface area contributed by atoms with Crippen molar-refractivity contribution in [3.05, 3.63) is 83.8 Å². The van der Waals surface area contributed by atoms with E-state index in [0.29, 0.717) is 28.5 Å². The summed E-state index contributed by atoms with van der Waals surface area (Å²) in [4.78, 5) is 16.4. The number of carbonyl (C=O) groups excluding carboxylic acids is 1. The Balaban J connectivity index is 1.68. The molecule has 26 heavy (non-hydrogen) atoms. The molecule has 0 bridgehead atoms. The quantitative estimate of drug-likeness (QED) is 0.730. The van der Waals surface area contributed by atoms with Gasteiger partial charge in [0.1, 0.15) is 17.3 Å². The summed E-state index contributed by atoms with van der Waals surface area (Å²) < 4.78 is 24.0. The number of pyridine rings is 1. The van der Waals surface area contributed by atoms with Crippen molar-refractivity contribution in [2.24, 2.45) is 0 Å². The van der Waals surface area contributed by atoms with E-state index in [1.165, 1.54) is 12.1 Å². The molecule has 2 aromatic carbocycles. The highest BCUT2D eigenvalue weighted by Gasteiger charge is 2.10. The molecule has 1 heterocycles. The maximum absolute atomic E-state index is 13.3. The van der Waals surface area contributed by atoms with Gasteiger partial charge in [0.2, 0.25) is 5.88 Å². The second kappa shape index (κ2) is 8.11. The zero-order valence-electron chi connectivity index (χ0n) is 14.1. The van der Waals surface area contributed by atoms with Crippen LogP contribution in [0.25, 0.3) is 0 Å². The van der Waals surface area contributed by atoms with E-state index in [-0.39, 0.29) is 12.5 Å². The minimum atomic E-state index is -0.396. The summed E-state index contributed by atoms with van der Waals surface area (Å²) in [5.74, 6) is 0.708. The molecule has 1 aromatic heterocycles. The molecule has 132 valence electrons. The summed E-state index contributed by atoms with van der Waals surface area (Å²) in [6.07, 6.45) is 1.57. The van der Waals surface area contributed by atoms with E-state index in [2.05, 4.69) is 10.3 Å². The Morgan fingerprint density at radius 3 is 2.62 bits per heavy atom. The fourth-order valence-corrected chi connectivity index (χ4v) is 2.31. The van der Waals surface area contributed by atoms with Gasteiger partial charge in [-0.1, -0.05) is 12.1 Å². The number of amides is 1. The Morgan fingerprint density at radius 2 is 1.88 bits per heavy atom. The molecule has 0 atom stereocenters. The summed E-state index contributed by atoms with van der Waals surface area (Å²) in [5.41, 5.74) is 1.20. The van der Waals surface area contributed by atoms with E-state index < -0.39 is 5.82 Å². The van der Waals surface area contributed by atoms with Crippen LogP contribution < -0.4 is 14.8 Å². The van der Waals surface area contributed by atoms with Crippen LogP contribution in [0.5, 0.6) is 17.4 Å². The van der Waals surface area contributed by atoms with Gasteiger partial charge in [-0.15, -0.1) is 0 Å². The fourth-order valence-electron chi connectivity index (χ4n) is 2.31. The minimum Gasteiger partial charge on any atom is -0.497 e. The monoisotopic (exact) mass is 352 g/mol. The Labute approximate surface area is 150 Å². The first-order valence-electron chi connectivity index (χ1n) is 7.95. The van der Waals surface area contributed by atoms with Gasteiger partial charge in [0.25, 0.3) is 5.91 Å². The molecular formula is C20H17FN2O3. The van der Waals surface area contributed by atoms with Gasteiger partial charge in [-0.05, 0) is 42.5 Å². The van der Waals surface area contributed by atoms with Crippen LogP contribution in [0.4, 0.5) is 4.39 Å². The van der Waals surface area contributed by atoms with Gasteiger partial charge >= 0.3 is 0 Å². The Kier molecular flexibility index (Phi) is 5.43. The van der Waals surface area contributed by atoms with E-state index in [1.54, 1.807) is 61.8 Å². The number of hydrogen-bond acceptors (Lipinski definition) is 4. The van der Waals surface area contributed by atoms with Crippen molar-refractivity contribution in [2.75, 3.05) is 7.11 Å². The van der Waals surface area contributed by atoms with Crippen LogP contribution >= 0.6 is 0 Å². The van der Waals surface area contributed by atoms with Gasteiger partial charge in [-0.2, -0.15) is 0 Å². The molecule has 6 heteroatoms. The molecule has 0 aliphatic rings. The summed E-state index contributed by atoms with van der Waals surface area (Å²) in [7, 11) is 1.57. The average molecular weight is 352 g/mol. The van der Waals surface area contributed by atoms with E-state index in [9.17, 15) is 9.18 Å². The minimum absolute atomic E-state index is 0.226. The smallest absolute Gasteiger partial charge is 0.251 e. The third kappa shape index (κ3) is 4.36. The standard InChI is InChI=1S/C20H17FN2O3/c1-25-17-9-7-14(8-10-17)19(24)23-13-15-4-3-11-22-20(15)26-18-6-2-5-16(21)12-18/h2-12H,13H2,1H3,(H,23,24). The molecule has 5 nitrogen and oxygen atoms in total. The molecule has 0 saturated heterocycles. The molecule has 1 amide bonds. The highest BCUT2D eigenvalue weighted by Crippen LogP contribution is 2.23. The lowest BCUT2D eigenvalue weighted by Gasteiger charge is -2.11. The highest BCUT2D eigenvalue weighted by molar-refractivity contribution is 5.94. The number of nitrogens with one attached hydrogen (secondary N) is 1. The van der Waals surface area contributed by atoms with Crippen molar-refractivity contribution in [1.82, 2.24) is 10.3 Å². The highest BCUT2D eigenvalue weighted by atomic mass is 19.1. The molecular weight excluding hydrogens is 335 g/mol. The number of carbonyl (C=O) groups is 1. The van der Waals surface area contributed by atoms with Gasteiger partial charge in [-0.3, -0.25) is 4.79 Å². The van der Waals surface area contributed by atoms with Crippen LogP contribution in [0.2, 0.25) is 0 Å². The summed E-state index contributed by atoms with van der Waals surface area (Å²) in [6, 6.07) is 16.1. The van der Waals surface area contributed by atoms with Crippen LogP contribution in [0.3, 0.4) is 0 Å². The lowest BCUT2D eigenvalue weighted by atomic mass is 10.2. The number of methoxy groups -OCH3 is 1. The van der Waals surface area contributed by atoms with Crippen molar-refractivity contribution in [3.63, 3.8) is 0 Å². The molecule has 3 aromatic rings. The summed E-state index contributed by atoms with van der Waals surface area (Å²) in [6.45, 7) is 0.226. The van der Waals surface area contributed by atoms with Crippen molar-refractivity contribution < 1.29 is 18.7 Å². The topological polar surface area (TPSA) is 60.5 Å². The maximum Gasteiger partial charge on any atom is 0.251 e. The first-order valence-corrected chi connectivity index (χ1v) is 7.95. The third-order valence-electron chi connectivity index (χ3n) is 3.65. The van der Waals surface area contributed by atoms with Crippen molar-refractivity contribution in [1.29, 1.82) is 0 Å². The lowest BCUT2D eigenvalue weighted by molar-refractivity contribution is 0.0950. The van der Waals surface area contributed by atoms with Gasteiger partial charge < -0.3 is 14.8 Å². The number of hydrogen-bond donors (Lipinski definition) is 1. The van der Waals surface area contributed by atoms with Crippen LogP contribution in [0, 0.1) is 5.82 Å². The van der Waals surface area contributed by atoms with Crippen LogP contribution in [-0.2, 0) is 6.54 Å². The summed E-state index contributed by atoms with van der Waals surface area (Å²) >= 11 is 0. The number of ether oxygens (including phenoxy) is 2. The Morgan fingerprint density at radius 1 is 1.08 bits per heavy atom. The van der Waals surface area contributed by atoms with Crippen LogP contribution in [0.15, 0.2) is 66.9 Å². The number of rotatable bonds is 6. The van der Waals surface area contributed by atoms with E-state index >= 15 is 0 Å². The van der Waals surface area contributed by atoms with Crippen molar-refractivity contribution in [3.8, 4) is 17.4 Å². The van der Waals surface area contributed by atoms with Crippen LogP contribution in [0.1, 0.15) is 15.9 Å². The normalized spacial score (nSPS) is 10.2. The molecule has 0 aliphatic heterocycles. The van der Waals surface area contributed by atoms with Gasteiger partial charge in [-0.25, -0.2) is 9.37 Å². The molecule has 0 saturated carbocycles. The summed E-state index contributed by atoms with van der Waals surface area (Å²) in [5, 5.41) is 2.82.